The van der Waals surface area contributed by atoms with E-state index in [9.17, 15) is 4.79 Å². The topological polar surface area (TPSA) is 65.0 Å². The predicted molar refractivity (Wildman–Crippen MR) is 120 cm³/mol. The van der Waals surface area contributed by atoms with Crippen LogP contribution in [0.2, 0.25) is 0 Å². The van der Waals surface area contributed by atoms with E-state index in [2.05, 4.69) is 27.9 Å². The summed E-state index contributed by atoms with van der Waals surface area (Å²) in [4.78, 5) is 17.2. The molecule has 1 amide bonds. The van der Waals surface area contributed by atoms with Crippen molar-refractivity contribution < 1.29 is 9.21 Å². The van der Waals surface area contributed by atoms with Crippen LogP contribution < -0.4 is 5.32 Å². The number of benzene rings is 1. The minimum absolute atomic E-state index is 0.173. The number of hydrogen-bond acceptors (Lipinski definition) is 3. The van der Waals surface area contributed by atoms with Crippen LogP contribution in [0.1, 0.15) is 40.1 Å². The number of hydrogen-bond donors (Lipinski definition) is 1. The van der Waals surface area contributed by atoms with Crippen molar-refractivity contribution in [2.45, 2.75) is 26.4 Å². The second-order valence-corrected chi connectivity index (χ2v) is 7.57. The summed E-state index contributed by atoms with van der Waals surface area (Å²) in [6, 6.07) is 15.5. The van der Waals surface area contributed by atoms with Crippen molar-refractivity contribution in [1.29, 1.82) is 0 Å². The minimum Gasteiger partial charge on any atom is -0.467 e. The Hall–Kier alpha value is -3.80. The van der Waals surface area contributed by atoms with E-state index < -0.39 is 0 Å². The van der Waals surface area contributed by atoms with E-state index in [1.54, 1.807) is 18.5 Å². The molecule has 0 aliphatic rings. The van der Waals surface area contributed by atoms with E-state index in [0.29, 0.717) is 6.54 Å². The van der Waals surface area contributed by atoms with Crippen LogP contribution in [0.4, 0.5) is 0 Å². The van der Waals surface area contributed by atoms with E-state index in [4.69, 9.17) is 4.42 Å². The molecule has 31 heavy (non-hydrogen) atoms. The highest BCUT2D eigenvalue weighted by molar-refractivity contribution is 5.92. The van der Waals surface area contributed by atoms with Crippen molar-refractivity contribution in [2.75, 3.05) is 0 Å². The van der Waals surface area contributed by atoms with Crippen molar-refractivity contribution in [3.05, 3.63) is 107 Å². The first-order chi connectivity index (χ1) is 15.0. The number of nitrogens with zero attached hydrogens (tertiary/aromatic N) is 3. The maximum atomic E-state index is 12.8. The molecule has 4 aromatic rings. The van der Waals surface area contributed by atoms with Crippen LogP contribution in [0.3, 0.4) is 0 Å². The van der Waals surface area contributed by atoms with E-state index in [1.807, 2.05) is 73.3 Å². The highest BCUT2D eigenvalue weighted by atomic mass is 16.3. The Morgan fingerprint density at radius 1 is 1.19 bits per heavy atom. The van der Waals surface area contributed by atoms with Gasteiger partial charge in [-0.25, -0.2) is 4.98 Å². The minimum atomic E-state index is -0.329. The molecule has 0 aliphatic carbocycles. The molecule has 4 rings (SSSR count). The number of nitrogens with one attached hydrogen (secondary N) is 1. The van der Waals surface area contributed by atoms with Crippen LogP contribution in [0.25, 0.3) is 6.08 Å². The summed E-state index contributed by atoms with van der Waals surface area (Å²) in [7, 11) is 1.92. The van der Waals surface area contributed by atoms with Gasteiger partial charge >= 0.3 is 0 Å². The maximum Gasteiger partial charge on any atom is 0.244 e. The number of amides is 1. The molecule has 0 spiro atoms. The number of aromatic nitrogens is 3. The Labute approximate surface area is 181 Å². The molecule has 0 saturated carbocycles. The van der Waals surface area contributed by atoms with E-state index in [-0.39, 0.29) is 11.9 Å². The first-order valence-corrected chi connectivity index (χ1v) is 10.2. The number of imidazole rings is 1. The molecule has 1 aromatic carbocycles. The first-order valence-electron chi connectivity index (χ1n) is 10.2. The van der Waals surface area contributed by atoms with Gasteiger partial charge in [0.05, 0.1) is 12.8 Å². The Balaban J connectivity index is 1.53. The van der Waals surface area contributed by atoms with Gasteiger partial charge < -0.3 is 18.9 Å². The zero-order valence-electron chi connectivity index (χ0n) is 17.9. The van der Waals surface area contributed by atoms with Crippen molar-refractivity contribution in [1.82, 2.24) is 19.4 Å². The molecule has 0 saturated heterocycles. The van der Waals surface area contributed by atoms with E-state index >= 15 is 0 Å². The molecular formula is C25H26N4O2. The van der Waals surface area contributed by atoms with Gasteiger partial charge in [-0.15, -0.1) is 0 Å². The van der Waals surface area contributed by atoms with Gasteiger partial charge in [0.15, 0.2) is 0 Å². The van der Waals surface area contributed by atoms with Crippen LogP contribution >= 0.6 is 0 Å². The Morgan fingerprint density at radius 2 is 2.00 bits per heavy atom. The summed E-state index contributed by atoms with van der Waals surface area (Å²) in [5.74, 6) is 1.51. The smallest absolute Gasteiger partial charge is 0.244 e. The molecule has 6 nitrogen and oxygen atoms in total. The zero-order valence-corrected chi connectivity index (χ0v) is 17.9. The van der Waals surface area contributed by atoms with Crippen LogP contribution in [-0.2, 0) is 18.4 Å². The third kappa shape index (κ3) is 4.53. The summed E-state index contributed by atoms with van der Waals surface area (Å²) in [5.41, 5.74) is 4.19. The Bertz CT molecular complexity index is 1180. The lowest BCUT2D eigenvalue weighted by Crippen LogP contribution is -2.29. The number of furan rings is 1. The Kier molecular flexibility index (Phi) is 5.89. The zero-order chi connectivity index (χ0) is 21.8. The standard InChI is InChI=1S/C25H26N4O2/c1-18-16-21(19(2)29(18)17-22-10-7-15-31-22)11-12-23(30)27-24(20-8-5-4-6-9-20)25-26-13-14-28(25)3/h4-16,24H,17H2,1-3H3,(H,27,30)/b12-11+. The quantitative estimate of drug-likeness (QED) is 0.456. The lowest BCUT2D eigenvalue weighted by atomic mass is 10.1. The molecule has 0 aliphatic heterocycles. The average Bonchev–Trinajstić information content (AvgIpc) is 3.50. The second-order valence-electron chi connectivity index (χ2n) is 7.57. The molecule has 1 N–H and O–H groups in total. The molecular weight excluding hydrogens is 388 g/mol. The van der Waals surface area contributed by atoms with Crippen molar-refractivity contribution in [3.63, 3.8) is 0 Å². The average molecular weight is 415 g/mol. The van der Waals surface area contributed by atoms with Crippen LogP contribution in [0, 0.1) is 13.8 Å². The summed E-state index contributed by atoms with van der Waals surface area (Å²) in [6.45, 7) is 4.77. The molecule has 158 valence electrons. The highest BCUT2D eigenvalue weighted by Crippen LogP contribution is 2.21. The molecule has 3 aromatic heterocycles. The van der Waals surface area contributed by atoms with Crippen molar-refractivity contribution in [3.8, 4) is 0 Å². The van der Waals surface area contributed by atoms with Crippen LogP contribution in [-0.4, -0.2) is 20.0 Å². The van der Waals surface area contributed by atoms with Crippen molar-refractivity contribution in [2.24, 2.45) is 7.05 Å². The normalized spacial score (nSPS) is 12.4. The number of carbonyl (C=O) groups is 1. The van der Waals surface area contributed by atoms with Gasteiger partial charge in [0.1, 0.15) is 17.6 Å². The van der Waals surface area contributed by atoms with E-state index in [0.717, 1.165) is 34.1 Å². The monoisotopic (exact) mass is 414 g/mol. The maximum absolute atomic E-state index is 12.8. The number of carbonyl (C=O) groups excluding carboxylic acids is 1. The SMILES string of the molecule is Cc1cc(/C=C/C(=O)NC(c2ccccc2)c2nccn2C)c(C)n1Cc1ccco1. The summed E-state index contributed by atoms with van der Waals surface area (Å²) in [5, 5.41) is 3.09. The molecule has 6 heteroatoms. The van der Waals surface area contributed by atoms with Gasteiger partial charge in [0.2, 0.25) is 5.91 Å². The fourth-order valence-electron chi connectivity index (χ4n) is 3.75. The molecule has 0 bridgehead atoms. The first kappa shape index (κ1) is 20.5. The van der Waals surface area contributed by atoms with Gasteiger partial charge in [0, 0.05) is 36.9 Å². The Morgan fingerprint density at radius 3 is 2.68 bits per heavy atom. The van der Waals surface area contributed by atoms with Gasteiger partial charge in [-0.3, -0.25) is 4.79 Å². The molecule has 0 fully saturated rings. The van der Waals surface area contributed by atoms with Gasteiger partial charge in [0.25, 0.3) is 0 Å². The second kappa shape index (κ2) is 8.92. The fraction of sp³-hybridized carbons (Fsp3) is 0.200. The van der Waals surface area contributed by atoms with Gasteiger partial charge in [-0.05, 0) is 49.2 Å². The van der Waals surface area contributed by atoms with Crippen molar-refractivity contribution >= 4 is 12.0 Å². The highest BCUT2D eigenvalue weighted by Gasteiger charge is 2.19. The third-order valence-corrected chi connectivity index (χ3v) is 5.46. The molecule has 1 unspecified atom stereocenters. The lowest BCUT2D eigenvalue weighted by Gasteiger charge is -2.18. The molecule has 3 heterocycles. The summed E-state index contributed by atoms with van der Waals surface area (Å²) in [6.07, 6.45) is 8.73. The molecule has 0 radical (unpaired) electrons. The van der Waals surface area contributed by atoms with Gasteiger partial charge in [-0.2, -0.15) is 0 Å². The predicted octanol–water partition coefficient (Wildman–Crippen LogP) is 4.40. The number of rotatable bonds is 7. The largest absolute Gasteiger partial charge is 0.467 e. The van der Waals surface area contributed by atoms with E-state index in [1.165, 1.54) is 0 Å². The summed E-state index contributed by atoms with van der Waals surface area (Å²) < 4.78 is 9.57. The lowest BCUT2D eigenvalue weighted by molar-refractivity contribution is -0.117. The van der Waals surface area contributed by atoms with Gasteiger partial charge in [-0.1, -0.05) is 30.3 Å². The van der Waals surface area contributed by atoms with Crippen LogP contribution in [0.15, 0.2) is 77.7 Å². The number of aryl methyl sites for hydroxylation is 2. The molecule has 1 atom stereocenters. The third-order valence-electron chi connectivity index (χ3n) is 5.46. The van der Waals surface area contributed by atoms with Crippen LogP contribution in [0.5, 0.6) is 0 Å². The fourth-order valence-corrected chi connectivity index (χ4v) is 3.75. The summed E-state index contributed by atoms with van der Waals surface area (Å²) >= 11 is 0.